The molecule has 0 bridgehead atoms. The van der Waals surface area contributed by atoms with Crippen molar-refractivity contribution in [1.29, 1.82) is 0 Å². The van der Waals surface area contributed by atoms with Gasteiger partial charge < -0.3 is 9.63 Å². The minimum Gasteiger partial charge on any atom is -0.508 e. The van der Waals surface area contributed by atoms with Crippen LogP contribution in [0.25, 0.3) is 0 Å². The van der Waals surface area contributed by atoms with Gasteiger partial charge in [0.25, 0.3) is 0 Å². The fraction of sp³-hybridized carbons (Fsp3) is 0.333. The molecule has 23 heavy (non-hydrogen) atoms. The molecule has 0 aliphatic carbocycles. The van der Waals surface area contributed by atoms with E-state index in [-0.39, 0.29) is 18.1 Å². The maximum Gasteiger partial charge on any atom is 0.228 e. The number of aromatic hydroxyl groups is 1. The van der Waals surface area contributed by atoms with E-state index in [1.165, 1.54) is 6.07 Å². The highest BCUT2D eigenvalue weighted by Gasteiger charge is 2.47. The molecule has 0 unspecified atom stereocenters. The Morgan fingerprint density at radius 1 is 1.43 bits per heavy atom. The highest BCUT2D eigenvalue weighted by molar-refractivity contribution is 6.45. The van der Waals surface area contributed by atoms with Crippen molar-refractivity contribution in [1.82, 2.24) is 5.16 Å². The van der Waals surface area contributed by atoms with Crippen LogP contribution in [0, 0.1) is 6.92 Å². The van der Waals surface area contributed by atoms with Gasteiger partial charge in [-0.25, -0.2) is 0 Å². The number of anilines is 1. The van der Waals surface area contributed by atoms with E-state index < -0.39 is 5.04 Å². The molecule has 8 heteroatoms. The Kier molecular flexibility index (Phi) is 4.16. The predicted octanol–water partition coefficient (Wildman–Crippen LogP) is 3.38. The first kappa shape index (κ1) is 16.4. The normalized spacial score (nSPS) is 21.2. The average molecular weight is 369 g/mol. The van der Waals surface area contributed by atoms with E-state index in [2.05, 4.69) is 5.16 Å². The fourth-order valence-corrected chi connectivity index (χ4v) is 4.64. The Bertz CT molecular complexity index is 780. The fourth-order valence-electron chi connectivity index (χ4n) is 2.91. The molecule has 1 aliphatic rings. The van der Waals surface area contributed by atoms with E-state index in [1.54, 1.807) is 24.0 Å². The number of phenolic OH excluding ortho intramolecular Hbond substituents is 1. The molecule has 0 spiro atoms. The zero-order valence-corrected chi connectivity index (χ0v) is 15.1. The van der Waals surface area contributed by atoms with Crippen molar-refractivity contribution in [3.05, 3.63) is 39.6 Å². The number of halogens is 2. The number of amides is 1. The van der Waals surface area contributed by atoms with Gasteiger partial charge in [-0.15, -0.1) is 0 Å². The van der Waals surface area contributed by atoms with Gasteiger partial charge in [-0.05, 0) is 19.1 Å². The molecule has 1 fully saturated rings. The van der Waals surface area contributed by atoms with Crippen LogP contribution >= 0.6 is 23.2 Å². The minimum atomic E-state index is -0.587. The van der Waals surface area contributed by atoms with Crippen LogP contribution in [-0.4, -0.2) is 32.2 Å². The van der Waals surface area contributed by atoms with Gasteiger partial charge in [0.05, 0.1) is 19.6 Å². The molecule has 5 nitrogen and oxygen atoms in total. The molecule has 0 saturated carbocycles. The molecule has 3 rings (SSSR count). The van der Waals surface area contributed by atoms with Gasteiger partial charge in [-0.3, -0.25) is 9.69 Å². The number of aromatic nitrogens is 1. The van der Waals surface area contributed by atoms with Gasteiger partial charge in [0.1, 0.15) is 11.5 Å². The average Bonchev–Trinajstić information content (AvgIpc) is 3.08. The van der Waals surface area contributed by atoms with E-state index in [4.69, 9.17) is 27.7 Å². The van der Waals surface area contributed by atoms with E-state index in [1.807, 2.05) is 6.55 Å². The summed E-state index contributed by atoms with van der Waals surface area (Å²) in [7, 11) is 0.348. The second-order valence-electron chi connectivity index (χ2n) is 5.54. The SMILES string of the molecule is C[Si][C@@]1(c2c(O)ccc(Cl)c2Cl)CC(=O)N(c2cc(C)on2)C1. The summed E-state index contributed by atoms with van der Waals surface area (Å²) in [4.78, 5) is 14.1. The number of carbonyl (C=O) groups is 1. The van der Waals surface area contributed by atoms with E-state index in [9.17, 15) is 9.90 Å². The molecule has 1 saturated heterocycles. The molecule has 1 atom stereocenters. The lowest BCUT2D eigenvalue weighted by atomic mass is 9.95. The summed E-state index contributed by atoms with van der Waals surface area (Å²) in [6.07, 6.45) is 0.238. The van der Waals surface area contributed by atoms with Gasteiger partial charge in [0, 0.05) is 29.6 Å². The smallest absolute Gasteiger partial charge is 0.228 e. The van der Waals surface area contributed by atoms with Gasteiger partial charge in [-0.2, -0.15) is 0 Å². The van der Waals surface area contributed by atoms with Crippen molar-refractivity contribution >= 4 is 44.4 Å². The van der Waals surface area contributed by atoms with Crippen LogP contribution in [0.5, 0.6) is 5.75 Å². The van der Waals surface area contributed by atoms with Gasteiger partial charge in [0.2, 0.25) is 5.91 Å². The van der Waals surface area contributed by atoms with Crippen molar-refractivity contribution in [2.45, 2.75) is 24.9 Å². The topological polar surface area (TPSA) is 66.6 Å². The number of nitrogens with zero attached hydrogens (tertiary/aromatic N) is 2. The molecular weight excluding hydrogens is 355 g/mol. The van der Waals surface area contributed by atoms with Crippen LogP contribution in [0.15, 0.2) is 22.7 Å². The zero-order chi connectivity index (χ0) is 16.8. The maximum atomic E-state index is 12.5. The van der Waals surface area contributed by atoms with E-state index in [0.29, 0.717) is 43.3 Å². The summed E-state index contributed by atoms with van der Waals surface area (Å²) in [5, 5.41) is 14.3. The van der Waals surface area contributed by atoms with Crippen LogP contribution < -0.4 is 4.90 Å². The van der Waals surface area contributed by atoms with Gasteiger partial charge >= 0.3 is 0 Å². The molecule has 1 amide bonds. The Labute approximate surface area is 146 Å². The molecule has 2 heterocycles. The number of hydrogen-bond acceptors (Lipinski definition) is 4. The lowest BCUT2D eigenvalue weighted by Crippen LogP contribution is -2.36. The molecular formula is C15H14Cl2N2O3Si. The first-order valence-electron chi connectivity index (χ1n) is 6.98. The molecule has 1 aromatic heterocycles. The Hall–Kier alpha value is -1.50. The highest BCUT2D eigenvalue weighted by atomic mass is 35.5. The quantitative estimate of drug-likeness (QED) is 0.843. The summed E-state index contributed by atoms with van der Waals surface area (Å²) in [6.45, 7) is 4.13. The second kappa shape index (κ2) is 5.85. The van der Waals surface area contributed by atoms with Crippen LogP contribution in [-0.2, 0) is 9.83 Å². The van der Waals surface area contributed by atoms with Gasteiger partial charge in [0.15, 0.2) is 5.82 Å². The summed E-state index contributed by atoms with van der Waals surface area (Å²) in [5.41, 5.74) is 0.531. The molecule has 1 aliphatic heterocycles. The number of benzene rings is 1. The molecule has 120 valence electrons. The zero-order valence-electron chi connectivity index (χ0n) is 12.6. The van der Waals surface area contributed by atoms with Crippen LogP contribution in [0.3, 0.4) is 0 Å². The maximum absolute atomic E-state index is 12.5. The van der Waals surface area contributed by atoms with Crippen LogP contribution in [0.4, 0.5) is 5.82 Å². The summed E-state index contributed by atoms with van der Waals surface area (Å²) in [6, 6.07) is 4.77. The molecule has 2 aromatic rings. The van der Waals surface area contributed by atoms with Crippen molar-refractivity contribution < 1.29 is 14.4 Å². The Morgan fingerprint density at radius 3 is 2.78 bits per heavy atom. The largest absolute Gasteiger partial charge is 0.508 e. The second-order valence-corrected chi connectivity index (χ2v) is 7.78. The number of phenols is 1. The van der Waals surface area contributed by atoms with Gasteiger partial charge in [-0.1, -0.05) is 34.9 Å². The molecule has 1 aromatic carbocycles. The van der Waals surface area contributed by atoms with Crippen LogP contribution in [0.1, 0.15) is 17.7 Å². The Morgan fingerprint density at radius 2 is 2.17 bits per heavy atom. The molecule has 2 radical (unpaired) electrons. The van der Waals surface area contributed by atoms with E-state index >= 15 is 0 Å². The first-order chi connectivity index (χ1) is 10.9. The first-order valence-corrected chi connectivity index (χ1v) is 9.23. The Balaban J connectivity index is 2.07. The number of hydrogen-bond donors (Lipinski definition) is 1. The third-order valence-electron chi connectivity index (χ3n) is 4.10. The van der Waals surface area contributed by atoms with Crippen molar-refractivity contribution in [3.8, 4) is 5.75 Å². The van der Waals surface area contributed by atoms with Crippen molar-refractivity contribution in [3.63, 3.8) is 0 Å². The lowest BCUT2D eigenvalue weighted by molar-refractivity contribution is -0.117. The highest BCUT2D eigenvalue weighted by Crippen LogP contribution is 2.45. The lowest BCUT2D eigenvalue weighted by Gasteiger charge is -2.29. The molecule has 1 N–H and O–H groups in total. The summed E-state index contributed by atoms with van der Waals surface area (Å²) >= 11 is 12.5. The number of carbonyl (C=O) groups excluding carboxylic acids is 1. The monoisotopic (exact) mass is 368 g/mol. The third-order valence-corrected chi connectivity index (χ3v) is 6.45. The summed E-state index contributed by atoms with van der Waals surface area (Å²) in [5.74, 6) is 1.08. The predicted molar refractivity (Wildman–Crippen MR) is 89.6 cm³/mol. The number of rotatable bonds is 3. The summed E-state index contributed by atoms with van der Waals surface area (Å²) < 4.78 is 5.06. The standard InChI is InChI=1S/C15H14Cl2N2O3Si/c1-8-5-11(18-22-8)19-7-15(23-2,6-12(19)21)13-10(20)4-3-9(16)14(13)17/h3-5,20H,6-7H2,1-2H3/t15-/m0/s1. The van der Waals surface area contributed by atoms with Crippen LogP contribution in [0.2, 0.25) is 16.6 Å². The number of aryl methyl sites for hydroxylation is 1. The van der Waals surface area contributed by atoms with Crippen molar-refractivity contribution in [2.24, 2.45) is 0 Å². The van der Waals surface area contributed by atoms with Crippen molar-refractivity contribution in [2.75, 3.05) is 11.4 Å². The van der Waals surface area contributed by atoms with E-state index in [0.717, 1.165) is 0 Å². The third kappa shape index (κ3) is 2.64. The minimum absolute atomic E-state index is 0.0553.